The zero-order valence-electron chi connectivity index (χ0n) is 11.9. The molecule has 1 fully saturated rings. The van der Waals surface area contributed by atoms with Gasteiger partial charge in [-0.1, -0.05) is 20.8 Å². The second-order valence-electron chi connectivity index (χ2n) is 6.23. The van der Waals surface area contributed by atoms with E-state index in [0.717, 1.165) is 12.5 Å². The summed E-state index contributed by atoms with van der Waals surface area (Å²) in [5, 5.41) is 3.65. The van der Waals surface area contributed by atoms with E-state index in [2.05, 4.69) is 43.2 Å². The van der Waals surface area contributed by atoms with E-state index in [9.17, 15) is 0 Å². The molecule has 2 nitrogen and oxygen atoms in total. The van der Waals surface area contributed by atoms with Crippen molar-refractivity contribution in [2.24, 2.45) is 5.92 Å². The molecule has 100 valence electrons. The van der Waals surface area contributed by atoms with Crippen LogP contribution < -0.4 is 5.32 Å². The topological polar surface area (TPSA) is 24.9 Å². The molecule has 0 amide bonds. The lowest BCUT2D eigenvalue weighted by Gasteiger charge is -2.40. The van der Waals surface area contributed by atoms with Crippen LogP contribution in [0.25, 0.3) is 0 Å². The van der Waals surface area contributed by atoms with Crippen molar-refractivity contribution in [2.75, 3.05) is 6.54 Å². The molecule has 0 unspecified atom stereocenters. The zero-order valence-corrected chi connectivity index (χ0v) is 11.9. The molecule has 2 rings (SSSR count). The van der Waals surface area contributed by atoms with Crippen LogP contribution in [0.5, 0.6) is 0 Å². The Bertz CT molecular complexity index is 351. The number of nitrogens with one attached hydrogen (secondary N) is 1. The van der Waals surface area contributed by atoms with Gasteiger partial charge in [0.15, 0.2) is 0 Å². The number of hydrogen-bond acceptors (Lipinski definition) is 2. The minimum atomic E-state index is 0.333. The smallest absolute Gasteiger partial charge is 0.0270 e. The summed E-state index contributed by atoms with van der Waals surface area (Å²) < 4.78 is 0. The van der Waals surface area contributed by atoms with Crippen LogP contribution in [-0.4, -0.2) is 17.6 Å². The van der Waals surface area contributed by atoms with Crippen LogP contribution in [0.1, 0.15) is 52.0 Å². The molecule has 1 aliphatic rings. The molecule has 18 heavy (non-hydrogen) atoms. The van der Waals surface area contributed by atoms with Crippen molar-refractivity contribution in [3.05, 3.63) is 30.1 Å². The largest absolute Gasteiger partial charge is 0.314 e. The minimum absolute atomic E-state index is 0.333. The van der Waals surface area contributed by atoms with Gasteiger partial charge in [-0.05, 0) is 49.3 Å². The quantitative estimate of drug-likeness (QED) is 0.879. The summed E-state index contributed by atoms with van der Waals surface area (Å²) in [4.78, 5) is 4.16. The molecule has 0 atom stereocenters. The van der Waals surface area contributed by atoms with E-state index in [-0.39, 0.29) is 0 Å². The first kappa shape index (κ1) is 13.5. The van der Waals surface area contributed by atoms with Crippen LogP contribution in [-0.2, 0) is 5.41 Å². The van der Waals surface area contributed by atoms with Crippen LogP contribution >= 0.6 is 0 Å². The van der Waals surface area contributed by atoms with E-state index in [1.807, 2.05) is 12.4 Å². The first-order valence-corrected chi connectivity index (χ1v) is 7.26. The Labute approximate surface area is 111 Å². The Kier molecular flexibility index (Phi) is 4.39. The molecule has 1 aromatic heterocycles. The zero-order chi connectivity index (χ0) is 13.0. The fourth-order valence-corrected chi connectivity index (χ4v) is 2.99. The number of aromatic nitrogens is 1. The van der Waals surface area contributed by atoms with E-state index in [1.54, 1.807) is 0 Å². The molecule has 0 bridgehead atoms. The molecule has 0 radical (unpaired) electrons. The Morgan fingerprint density at radius 3 is 2.44 bits per heavy atom. The predicted octanol–water partition coefficient (Wildman–Crippen LogP) is 3.53. The Morgan fingerprint density at radius 1 is 1.28 bits per heavy atom. The minimum Gasteiger partial charge on any atom is -0.314 e. The molecule has 0 aliphatic heterocycles. The Balaban J connectivity index is 2.17. The van der Waals surface area contributed by atoms with Gasteiger partial charge in [0.05, 0.1) is 0 Å². The van der Waals surface area contributed by atoms with Crippen LogP contribution in [0.4, 0.5) is 0 Å². The molecule has 1 aromatic rings. The van der Waals surface area contributed by atoms with Crippen LogP contribution in [0.3, 0.4) is 0 Å². The number of nitrogens with zero attached hydrogens (tertiary/aromatic N) is 1. The summed E-state index contributed by atoms with van der Waals surface area (Å²) in [5.74, 6) is 0.888. The standard InChI is InChI=1S/C16H26N2/c1-13(2)18-12-16(8-4-14(3)5-9-16)15-6-10-17-11-7-15/h6-7,10-11,13-14,18H,4-5,8-9,12H2,1-3H3. The van der Waals surface area contributed by atoms with Gasteiger partial charge in [0.25, 0.3) is 0 Å². The van der Waals surface area contributed by atoms with Crippen LogP contribution in [0, 0.1) is 5.92 Å². The van der Waals surface area contributed by atoms with E-state index < -0.39 is 0 Å². The molecule has 1 heterocycles. The fourth-order valence-electron chi connectivity index (χ4n) is 2.99. The second kappa shape index (κ2) is 5.83. The van der Waals surface area contributed by atoms with Crippen molar-refractivity contribution in [3.63, 3.8) is 0 Å². The Morgan fingerprint density at radius 2 is 1.89 bits per heavy atom. The van der Waals surface area contributed by atoms with E-state index in [4.69, 9.17) is 0 Å². The first-order valence-electron chi connectivity index (χ1n) is 7.26. The maximum atomic E-state index is 4.16. The van der Waals surface area contributed by atoms with E-state index >= 15 is 0 Å². The maximum Gasteiger partial charge on any atom is 0.0270 e. The van der Waals surface area contributed by atoms with Crippen molar-refractivity contribution < 1.29 is 0 Å². The van der Waals surface area contributed by atoms with Crippen molar-refractivity contribution in [1.82, 2.24) is 10.3 Å². The van der Waals surface area contributed by atoms with Gasteiger partial charge in [-0.2, -0.15) is 0 Å². The third kappa shape index (κ3) is 3.11. The summed E-state index contributed by atoms with van der Waals surface area (Å²) in [6, 6.07) is 4.97. The summed E-state index contributed by atoms with van der Waals surface area (Å²) >= 11 is 0. The van der Waals surface area contributed by atoms with Gasteiger partial charge in [-0.25, -0.2) is 0 Å². The molecule has 1 saturated carbocycles. The summed E-state index contributed by atoms with van der Waals surface area (Å²) in [6.07, 6.45) is 9.18. The van der Waals surface area contributed by atoms with Gasteiger partial charge in [-0.15, -0.1) is 0 Å². The normalized spacial score (nSPS) is 28.6. The average molecular weight is 246 g/mol. The summed E-state index contributed by atoms with van der Waals surface area (Å²) in [7, 11) is 0. The van der Waals surface area contributed by atoms with Gasteiger partial charge >= 0.3 is 0 Å². The lowest BCUT2D eigenvalue weighted by Crippen LogP contribution is -2.43. The number of hydrogen-bond donors (Lipinski definition) is 1. The highest BCUT2D eigenvalue weighted by Crippen LogP contribution is 2.40. The second-order valence-corrected chi connectivity index (χ2v) is 6.23. The highest BCUT2D eigenvalue weighted by Gasteiger charge is 2.35. The highest BCUT2D eigenvalue weighted by atomic mass is 14.9. The lowest BCUT2D eigenvalue weighted by atomic mass is 9.67. The van der Waals surface area contributed by atoms with Gasteiger partial charge in [0.2, 0.25) is 0 Å². The molecular formula is C16H26N2. The third-order valence-corrected chi connectivity index (χ3v) is 4.37. The van der Waals surface area contributed by atoms with Gasteiger partial charge in [0.1, 0.15) is 0 Å². The van der Waals surface area contributed by atoms with Crippen LogP contribution in [0.2, 0.25) is 0 Å². The van der Waals surface area contributed by atoms with Crippen LogP contribution in [0.15, 0.2) is 24.5 Å². The van der Waals surface area contributed by atoms with Crippen molar-refractivity contribution in [1.29, 1.82) is 0 Å². The molecule has 1 aliphatic carbocycles. The number of rotatable bonds is 4. The maximum absolute atomic E-state index is 4.16. The molecule has 0 spiro atoms. The highest BCUT2D eigenvalue weighted by molar-refractivity contribution is 5.24. The molecule has 0 aromatic carbocycles. The predicted molar refractivity (Wildman–Crippen MR) is 76.7 cm³/mol. The molecule has 0 saturated heterocycles. The van der Waals surface area contributed by atoms with Crippen molar-refractivity contribution in [3.8, 4) is 0 Å². The van der Waals surface area contributed by atoms with E-state index in [0.29, 0.717) is 11.5 Å². The van der Waals surface area contributed by atoms with Crippen molar-refractivity contribution >= 4 is 0 Å². The number of pyridine rings is 1. The monoisotopic (exact) mass is 246 g/mol. The fraction of sp³-hybridized carbons (Fsp3) is 0.688. The van der Waals surface area contributed by atoms with E-state index in [1.165, 1.54) is 31.2 Å². The van der Waals surface area contributed by atoms with Gasteiger partial charge < -0.3 is 5.32 Å². The third-order valence-electron chi connectivity index (χ3n) is 4.37. The molecular weight excluding hydrogens is 220 g/mol. The Hall–Kier alpha value is -0.890. The average Bonchev–Trinajstić information content (AvgIpc) is 2.39. The molecule has 2 heteroatoms. The SMILES string of the molecule is CC1CCC(CNC(C)C)(c2ccncc2)CC1. The summed E-state index contributed by atoms with van der Waals surface area (Å²) in [6.45, 7) is 7.94. The molecule has 1 N–H and O–H groups in total. The van der Waals surface area contributed by atoms with Gasteiger partial charge in [-0.3, -0.25) is 4.98 Å². The van der Waals surface area contributed by atoms with Crippen molar-refractivity contribution in [2.45, 2.75) is 57.9 Å². The van der Waals surface area contributed by atoms with Gasteiger partial charge in [0, 0.05) is 30.4 Å². The summed E-state index contributed by atoms with van der Waals surface area (Å²) in [5.41, 5.74) is 1.80. The first-order chi connectivity index (χ1) is 8.62. The lowest BCUT2D eigenvalue weighted by molar-refractivity contribution is 0.229.